The van der Waals surface area contributed by atoms with Crippen molar-refractivity contribution in [2.45, 2.75) is 0 Å². The van der Waals surface area contributed by atoms with Crippen LogP contribution in [0.3, 0.4) is 0 Å². The lowest BCUT2D eigenvalue weighted by Crippen LogP contribution is -2.11. The van der Waals surface area contributed by atoms with Crippen LogP contribution in [-0.4, -0.2) is 21.0 Å². The van der Waals surface area contributed by atoms with Crippen LogP contribution in [0.15, 0.2) is 30.5 Å². The van der Waals surface area contributed by atoms with Crippen LogP contribution in [0.4, 0.5) is 15.0 Å². The summed E-state index contributed by atoms with van der Waals surface area (Å²) < 4.78 is 14.9. The van der Waals surface area contributed by atoms with Gasteiger partial charge in [0.25, 0.3) is 0 Å². The minimum Gasteiger partial charge on any atom is -0.465 e. The number of halogens is 1. The van der Waals surface area contributed by atoms with Crippen LogP contribution in [0.25, 0.3) is 11.1 Å². The van der Waals surface area contributed by atoms with Gasteiger partial charge in [-0.05, 0) is 6.07 Å². The van der Waals surface area contributed by atoms with E-state index in [2.05, 4.69) is 10.4 Å². The number of hydrogen-bond acceptors (Lipinski definition) is 2. The molecular weight excluding hydrogens is 225 g/mol. The van der Waals surface area contributed by atoms with Gasteiger partial charge in [-0.25, -0.2) is 9.18 Å². The minimum atomic E-state index is -1.22. The second-order valence-corrected chi connectivity index (χ2v) is 3.44. The maximum absolute atomic E-state index is 13.6. The molecule has 0 fully saturated rings. The van der Waals surface area contributed by atoms with E-state index in [1.165, 1.54) is 16.9 Å². The van der Waals surface area contributed by atoms with Gasteiger partial charge < -0.3 is 5.11 Å². The molecule has 1 aromatic heterocycles. The number of benzene rings is 1. The number of aryl methyl sites for hydroxylation is 1. The summed E-state index contributed by atoms with van der Waals surface area (Å²) in [6.45, 7) is 0. The molecule has 2 aromatic rings. The van der Waals surface area contributed by atoms with Gasteiger partial charge in [-0.1, -0.05) is 18.2 Å². The summed E-state index contributed by atoms with van der Waals surface area (Å²) in [5.41, 5.74) is 0.720. The molecule has 1 heterocycles. The van der Waals surface area contributed by atoms with Crippen LogP contribution >= 0.6 is 0 Å². The summed E-state index contributed by atoms with van der Waals surface area (Å²) in [4.78, 5) is 10.6. The number of carboxylic acid groups (broad SMARTS) is 1. The lowest BCUT2D eigenvalue weighted by Gasteiger charge is -2.06. The van der Waals surface area contributed by atoms with Gasteiger partial charge in [0.1, 0.15) is 11.6 Å². The Labute approximate surface area is 96.5 Å². The van der Waals surface area contributed by atoms with Crippen molar-refractivity contribution in [1.82, 2.24) is 9.78 Å². The van der Waals surface area contributed by atoms with Gasteiger partial charge in [0, 0.05) is 18.2 Å². The molecule has 0 bridgehead atoms. The van der Waals surface area contributed by atoms with Gasteiger partial charge in [0.15, 0.2) is 0 Å². The van der Waals surface area contributed by atoms with Gasteiger partial charge in [0.2, 0.25) is 0 Å². The van der Waals surface area contributed by atoms with Crippen molar-refractivity contribution in [2.24, 2.45) is 7.05 Å². The Bertz CT molecular complexity index is 566. The zero-order chi connectivity index (χ0) is 12.4. The van der Waals surface area contributed by atoms with Crippen molar-refractivity contribution >= 4 is 11.9 Å². The lowest BCUT2D eigenvalue weighted by atomic mass is 10.1. The molecule has 1 amide bonds. The highest BCUT2D eigenvalue weighted by molar-refractivity contribution is 5.88. The largest absolute Gasteiger partial charge is 0.465 e. The van der Waals surface area contributed by atoms with Crippen LogP contribution in [-0.2, 0) is 7.05 Å². The van der Waals surface area contributed by atoms with E-state index in [9.17, 15) is 9.18 Å². The van der Waals surface area contributed by atoms with Gasteiger partial charge in [-0.2, -0.15) is 5.10 Å². The van der Waals surface area contributed by atoms with Crippen molar-refractivity contribution in [1.29, 1.82) is 0 Å². The highest BCUT2D eigenvalue weighted by Crippen LogP contribution is 2.29. The SMILES string of the molecule is Cn1ncc(-c2ccccc2F)c1NC(=O)O. The zero-order valence-electron chi connectivity index (χ0n) is 9.01. The molecule has 0 atom stereocenters. The Kier molecular flexibility index (Phi) is 2.78. The lowest BCUT2D eigenvalue weighted by molar-refractivity contribution is 0.209. The van der Waals surface area contributed by atoms with E-state index in [1.54, 1.807) is 25.2 Å². The fourth-order valence-electron chi connectivity index (χ4n) is 1.56. The van der Waals surface area contributed by atoms with E-state index >= 15 is 0 Å². The summed E-state index contributed by atoms with van der Waals surface area (Å²) in [6, 6.07) is 6.13. The van der Waals surface area contributed by atoms with Crippen LogP contribution in [0.5, 0.6) is 0 Å². The molecule has 0 aliphatic carbocycles. The van der Waals surface area contributed by atoms with Gasteiger partial charge in [-0.15, -0.1) is 0 Å². The second-order valence-electron chi connectivity index (χ2n) is 3.44. The van der Waals surface area contributed by atoms with Gasteiger partial charge in [0.05, 0.1) is 6.20 Å². The van der Waals surface area contributed by atoms with E-state index in [0.29, 0.717) is 11.1 Å². The first-order valence-electron chi connectivity index (χ1n) is 4.86. The summed E-state index contributed by atoms with van der Waals surface area (Å²) in [6.07, 6.45) is 0.204. The van der Waals surface area contributed by atoms with E-state index in [-0.39, 0.29) is 5.82 Å². The third-order valence-electron chi connectivity index (χ3n) is 2.33. The molecule has 1 aromatic carbocycles. The summed E-state index contributed by atoms with van der Waals surface area (Å²) in [5, 5.41) is 14.8. The highest BCUT2D eigenvalue weighted by atomic mass is 19.1. The number of hydrogen-bond donors (Lipinski definition) is 2. The zero-order valence-corrected chi connectivity index (χ0v) is 9.01. The molecule has 0 saturated heterocycles. The monoisotopic (exact) mass is 235 g/mol. The quantitative estimate of drug-likeness (QED) is 0.839. The van der Waals surface area contributed by atoms with Crippen molar-refractivity contribution in [3.05, 3.63) is 36.3 Å². The van der Waals surface area contributed by atoms with E-state index in [1.807, 2.05) is 0 Å². The molecule has 0 radical (unpaired) electrons. The Morgan fingerprint density at radius 1 is 1.41 bits per heavy atom. The average molecular weight is 235 g/mol. The molecule has 2 N–H and O–H groups in total. The van der Waals surface area contributed by atoms with Crippen LogP contribution in [0, 0.1) is 5.82 Å². The standard InChI is InChI=1S/C11H10FN3O2/c1-15-10(14-11(16)17)8(6-13-15)7-4-2-3-5-9(7)12/h2-6,14H,1H3,(H,16,17). The molecule has 0 unspecified atom stereocenters. The Morgan fingerprint density at radius 2 is 2.12 bits per heavy atom. The van der Waals surface area contributed by atoms with E-state index < -0.39 is 11.9 Å². The smallest absolute Gasteiger partial charge is 0.410 e. The molecule has 0 aliphatic heterocycles. The molecule has 0 saturated carbocycles. The Balaban J connectivity index is 2.53. The maximum atomic E-state index is 13.6. The number of anilines is 1. The molecule has 17 heavy (non-hydrogen) atoms. The fourth-order valence-corrected chi connectivity index (χ4v) is 1.56. The first-order valence-corrected chi connectivity index (χ1v) is 4.86. The van der Waals surface area contributed by atoms with Crippen molar-refractivity contribution < 1.29 is 14.3 Å². The highest BCUT2D eigenvalue weighted by Gasteiger charge is 2.15. The van der Waals surface area contributed by atoms with Crippen molar-refractivity contribution in [3.8, 4) is 11.1 Å². The van der Waals surface area contributed by atoms with Gasteiger partial charge >= 0.3 is 6.09 Å². The maximum Gasteiger partial charge on any atom is 0.410 e. The summed E-state index contributed by atoms with van der Waals surface area (Å²) in [7, 11) is 1.58. The number of carbonyl (C=O) groups is 1. The minimum absolute atomic E-state index is 0.239. The molecule has 2 rings (SSSR count). The normalized spacial score (nSPS) is 10.2. The number of nitrogens with zero attached hydrogens (tertiary/aromatic N) is 2. The predicted molar refractivity (Wildman–Crippen MR) is 60.2 cm³/mol. The molecule has 88 valence electrons. The number of amides is 1. The summed E-state index contributed by atoms with van der Waals surface area (Å²) in [5.74, 6) is -0.184. The predicted octanol–water partition coefficient (Wildman–Crippen LogP) is 2.32. The third kappa shape index (κ3) is 2.10. The third-order valence-corrected chi connectivity index (χ3v) is 2.33. The van der Waals surface area contributed by atoms with Crippen LogP contribution < -0.4 is 5.32 Å². The number of aromatic nitrogens is 2. The molecule has 5 nitrogen and oxygen atoms in total. The first kappa shape index (κ1) is 11.1. The average Bonchev–Trinajstić information content (AvgIpc) is 2.61. The molecule has 6 heteroatoms. The topological polar surface area (TPSA) is 67.2 Å². The number of nitrogens with one attached hydrogen (secondary N) is 1. The van der Waals surface area contributed by atoms with Crippen LogP contribution in [0.1, 0.15) is 0 Å². The first-order chi connectivity index (χ1) is 8.09. The van der Waals surface area contributed by atoms with Gasteiger partial charge in [-0.3, -0.25) is 10.00 Å². The molecular formula is C11H10FN3O2. The second kappa shape index (κ2) is 4.25. The summed E-state index contributed by atoms with van der Waals surface area (Å²) >= 11 is 0. The fraction of sp³-hybridized carbons (Fsp3) is 0.0909. The Hall–Kier alpha value is -2.37. The van der Waals surface area contributed by atoms with Crippen molar-refractivity contribution in [2.75, 3.05) is 5.32 Å². The van der Waals surface area contributed by atoms with E-state index in [4.69, 9.17) is 5.11 Å². The molecule has 0 spiro atoms. The number of rotatable bonds is 2. The Morgan fingerprint density at radius 3 is 2.76 bits per heavy atom. The molecule has 0 aliphatic rings. The van der Waals surface area contributed by atoms with Crippen molar-refractivity contribution in [3.63, 3.8) is 0 Å². The van der Waals surface area contributed by atoms with Crippen LogP contribution in [0.2, 0.25) is 0 Å². The van der Waals surface area contributed by atoms with E-state index in [0.717, 1.165) is 0 Å².